The van der Waals surface area contributed by atoms with Crippen molar-refractivity contribution in [3.05, 3.63) is 34.9 Å². The number of hydrogen-bond donors (Lipinski definition) is 5. The molecule has 0 unspecified atom stereocenters. The number of aryl methyl sites for hydroxylation is 2. The highest BCUT2D eigenvalue weighted by atomic mass is 15.4. The van der Waals surface area contributed by atoms with Crippen LogP contribution in [0.25, 0.3) is 0 Å². The minimum Gasteiger partial charge on any atom is -0.369 e. The molecule has 0 aromatic carbocycles. The van der Waals surface area contributed by atoms with E-state index in [1.807, 2.05) is 20.8 Å². The van der Waals surface area contributed by atoms with Gasteiger partial charge in [-0.15, -0.1) is 5.10 Å². The SMILES string of the molecule is C/C(=N/N=C(N)N)c1cnc(N/N=C(\C)c2cnc(NN)nc2C)nc1C. The molecular weight excluding hydrogens is 348 g/mol. The summed E-state index contributed by atoms with van der Waals surface area (Å²) in [5.41, 5.74) is 20.0. The van der Waals surface area contributed by atoms with Gasteiger partial charge in [-0.25, -0.2) is 31.2 Å². The third kappa shape index (κ3) is 5.15. The molecule has 0 saturated carbocycles. The standard InChI is InChI=1S/C15H22N12/c1-7-11(5-19-14(21-7)23-18)10(4)25-27-15-20-6-12(8(2)22-15)9(3)24-26-13(16)17/h5-6H,18H2,1-4H3,(H4,16,17,26)(H,19,21,23)(H,20,22,27)/b24-9-,25-10+. The van der Waals surface area contributed by atoms with Crippen molar-refractivity contribution < 1.29 is 0 Å². The fraction of sp³-hybridized carbons (Fsp3) is 0.267. The zero-order valence-corrected chi connectivity index (χ0v) is 15.5. The predicted octanol–water partition coefficient (Wildman–Crippen LogP) is 0.00254. The molecule has 142 valence electrons. The van der Waals surface area contributed by atoms with Crippen molar-refractivity contribution in [3.63, 3.8) is 0 Å². The Bertz CT molecular complexity index is 911. The first-order valence-electron chi connectivity index (χ1n) is 7.90. The van der Waals surface area contributed by atoms with Crippen molar-refractivity contribution in [2.24, 2.45) is 32.6 Å². The minimum atomic E-state index is -0.120. The quantitative estimate of drug-likeness (QED) is 0.201. The minimum absolute atomic E-state index is 0.120. The van der Waals surface area contributed by atoms with Crippen molar-refractivity contribution in [1.82, 2.24) is 19.9 Å². The van der Waals surface area contributed by atoms with Crippen LogP contribution in [0.5, 0.6) is 0 Å². The molecule has 0 atom stereocenters. The summed E-state index contributed by atoms with van der Waals surface area (Å²) >= 11 is 0. The van der Waals surface area contributed by atoms with Crippen LogP contribution in [0.4, 0.5) is 11.9 Å². The summed E-state index contributed by atoms with van der Waals surface area (Å²) in [6, 6.07) is 0. The second-order valence-corrected chi connectivity index (χ2v) is 5.55. The van der Waals surface area contributed by atoms with E-state index in [-0.39, 0.29) is 5.96 Å². The number of rotatable bonds is 6. The lowest BCUT2D eigenvalue weighted by Crippen LogP contribution is -2.22. The molecule has 0 bridgehead atoms. The summed E-state index contributed by atoms with van der Waals surface area (Å²) in [5.74, 6) is 5.85. The van der Waals surface area contributed by atoms with Gasteiger partial charge in [-0.3, -0.25) is 5.43 Å². The molecule has 12 heteroatoms. The average molecular weight is 370 g/mol. The lowest BCUT2D eigenvalue weighted by Gasteiger charge is -2.08. The summed E-state index contributed by atoms with van der Waals surface area (Å²) in [5, 5.41) is 11.8. The highest BCUT2D eigenvalue weighted by Crippen LogP contribution is 2.11. The number of hydrazine groups is 1. The van der Waals surface area contributed by atoms with Gasteiger partial charge in [0, 0.05) is 23.5 Å². The van der Waals surface area contributed by atoms with E-state index >= 15 is 0 Å². The zero-order chi connectivity index (χ0) is 20.0. The average Bonchev–Trinajstić information content (AvgIpc) is 2.64. The third-order valence-electron chi connectivity index (χ3n) is 3.51. The Morgan fingerprint density at radius 1 is 0.889 bits per heavy atom. The van der Waals surface area contributed by atoms with Gasteiger partial charge in [0.2, 0.25) is 17.9 Å². The molecule has 2 aromatic heterocycles. The molecule has 0 aliphatic rings. The molecule has 0 spiro atoms. The molecular formula is C15H22N12. The summed E-state index contributed by atoms with van der Waals surface area (Å²) in [6.07, 6.45) is 3.25. The van der Waals surface area contributed by atoms with E-state index in [9.17, 15) is 0 Å². The highest BCUT2D eigenvalue weighted by Gasteiger charge is 2.08. The van der Waals surface area contributed by atoms with Gasteiger partial charge in [-0.05, 0) is 27.7 Å². The van der Waals surface area contributed by atoms with Gasteiger partial charge < -0.3 is 11.5 Å². The van der Waals surface area contributed by atoms with Crippen molar-refractivity contribution in [1.29, 1.82) is 0 Å². The monoisotopic (exact) mass is 370 g/mol. The van der Waals surface area contributed by atoms with E-state index in [0.29, 0.717) is 29.0 Å². The van der Waals surface area contributed by atoms with Crippen LogP contribution < -0.4 is 28.2 Å². The van der Waals surface area contributed by atoms with Crippen molar-refractivity contribution in [3.8, 4) is 0 Å². The van der Waals surface area contributed by atoms with Crippen molar-refractivity contribution in [2.75, 3.05) is 10.9 Å². The van der Waals surface area contributed by atoms with Crippen LogP contribution in [0.15, 0.2) is 27.7 Å². The van der Waals surface area contributed by atoms with E-state index in [0.717, 1.165) is 16.8 Å². The van der Waals surface area contributed by atoms with E-state index in [2.05, 4.69) is 46.1 Å². The van der Waals surface area contributed by atoms with Crippen LogP contribution in [0, 0.1) is 13.8 Å². The normalized spacial score (nSPS) is 11.9. The number of nitrogen functional groups attached to an aromatic ring is 1. The summed E-state index contributed by atoms with van der Waals surface area (Å²) in [4.78, 5) is 16.9. The number of guanidine groups is 1. The fourth-order valence-electron chi connectivity index (χ4n) is 2.15. The van der Waals surface area contributed by atoms with Gasteiger partial charge >= 0.3 is 0 Å². The van der Waals surface area contributed by atoms with Crippen molar-refractivity contribution >= 4 is 29.3 Å². The second kappa shape index (κ2) is 8.62. The number of anilines is 2. The number of aromatic nitrogens is 4. The first-order chi connectivity index (χ1) is 12.8. The molecule has 0 aliphatic heterocycles. The molecule has 2 aromatic rings. The third-order valence-corrected chi connectivity index (χ3v) is 3.51. The Hall–Kier alpha value is -3.67. The van der Waals surface area contributed by atoms with E-state index < -0.39 is 0 Å². The van der Waals surface area contributed by atoms with Gasteiger partial charge in [0.25, 0.3) is 0 Å². The largest absolute Gasteiger partial charge is 0.369 e. The number of hydrogen-bond acceptors (Lipinski definition) is 10. The molecule has 12 nitrogen and oxygen atoms in total. The Morgan fingerprint density at radius 3 is 2.00 bits per heavy atom. The summed E-state index contributed by atoms with van der Waals surface area (Å²) < 4.78 is 0. The predicted molar refractivity (Wildman–Crippen MR) is 105 cm³/mol. The maximum atomic E-state index is 5.30. The lowest BCUT2D eigenvalue weighted by molar-refractivity contribution is 1.05. The Morgan fingerprint density at radius 2 is 1.44 bits per heavy atom. The van der Waals surface area contributed by atoms with Gasteiger partial charge in [0.1, 0.15) is 0 Å². The van der Waals surface area contributed by atoms with Crippen LogP contribution in [0.3, 0.4) is 0 Å². The van der Waals surface area contributed by atoms with Crippen molar-refractivity contribution in [2.45, 2.75) is 27.7 Å². The van der Waals surface area contributed by atoms with Crippen LogP contribution >= 0.6 is 0 Å². The Kier molecular flexibility index (Phi) is 6.27. The molecule has 0 radical (unpaired) electrons. The molecule has 27 heavy (non-hydrogen) atoms. The first kappa shape index (κ1) is 19.7. The maximum absolute atomic E-state index is 5.30. The second-order valence-electron chi connectivity index (χ2n) is 5.55. The molecule has 0 saturated heterocycles. The topological polar surface area (TPSA) is 191 Å². The smallest absolute Gasteiger partial charge is 0.243 e. The Labute approximate surface area is 156 Å². The molecule has 8 N–H and O–H groups in total. The van der Waals surface area contributed by atoms with E-state index in [1.165, 1.54) is 0 Å². The van der Waals surface area contributed by atoms with Crippen LogP contribution in [-0.2, 0) is 0 Å². The van der Waals surface area contributed by atoms with Gasteiger partial charge in [-0.1, -0.05) is 0 Å². The number of nitrogens with zero attached hydrogens (tertiary/aromatic N) is 7. The van der Waals surface area contributed by atoms with E-state index in [4.69, 9.17) is 17.3 Å². The molecule has 2 heterocycles. The first-order valence-corrected chi connectivity index (χ1v) is 7.90. The van der Waals surface area contributed by atoms with Crippen LogP contribution in [-0.4, -0.2) is 37.3 Å². The summed E-state index contributed by atoms with van der Waals surface area (Å²) in [6.45, 7) is 7.24. The number of hydrazone groups is 1. The van der Waals surface area contributed by atoms with Gasteiger partial charge in [-0.2, -0.15) is 10.2 Å². The lowest BCUT2D eigenvalue weighted by atomic mass is 10.2. The van der Waals surface area contributed by atoms with Crippen LogP contribution in [0.2, 0.25) is 0 Å². The summed E-state index contributed by atoms with van der Waals surface area (Å²) in [7, 11) is 0. The van der Waals surface area contributed by atoms with Gasteiger partial charge in [0.05, 0.1) is 22.8 Å². The zero-order valence-electron chi connectivity index (χ0n) is 15.5. The molecule has 0 aliphatic carbocycles. The fourth-order valence-corrected chi connectivity index (χ4v) is 2.15. The molecule has 0 fully saturated rings. The molecule has 2 rings (SSSR count). The Balaban J connectivity index is 2.18. The van der Waals surface area contributed by atoms with Gasteiger partial charge in [0.15, 0.2) is 0 Å². The number of nitrogens with one attached hydrogen (secondary N) is 2. The highest BCUT2D eigenvalue weighted by molar-refractivity contribution is 6.00. The van der Waals surface area contributed by atoms with E-state index in [1.54, 1.807) is 19.3 Å². The molecule has 0 amide bonds. The maximum Gasteiger partial charge on any atom is 0.243 e. The van der Waals surface area contributed by atoms with Crippen LogP contribution in [0.1, 0.15) is 36.4 Å². The number of nitrogens with two attached hydrogens (primary N) is 3.